The zero-order chi connectivity index (χ0) is 11.2. The number of rotatable bonds is 2. The average molecular weight is 218 g/mol. The van der Waals surface area contributed by atoms with Gasteiger partial charge in [0.05, 0.1) is 0 Å². The molecule has 1 saturated heterocycles. The van der Waals surface area contributed by atoms with Crippen molar-refractivity contribution in [3.8, 4) is 0 Å². The second-order valence-electron chi connectivity index (χ2n) is 4.61. The van der Waals surface area contributed by atoms with Crippen LogP contribution in [0.3, 0.4) is 0 Å². The van der Waals surface area contributed by atoms with E-state index in [2.05, 4.69) is 41.8 Å². The quantitative estimate of drug-likeness (QED) is 0.718. The number of likely N-dealkylation sites (tertiary alicyclic amines) is 1. The van der Waals surface area contributed by atoms with Crippen LogP contribution in [0.5, 0.6) is 0 Å². The Hall–Kier alpha value is 0.350. The van der Waals surface area contributed by atoms with E-state index in [1.165, 1.54) is 32.2 Å². The van der Waals surface area contributed by atoms with Gasteiger partial charge in [0, 0.05) is 12.1 Å². The largest absolute Gasteiger partial charge is 0.325 e. The van der Waals surface area contributed by atoms with Gasteiger partial charge in [0.15, 0.2) is 0 Å². The van der Waals surface area contributed by atoms with Gasteiger partial charge in [0.1, 0.15) is 0 Å². The molecule has 0 radical (unpaired) electrons. The van der Waals surface area contributed by atoms with Crippen LogP contribution in [0.1, 0.15) is 34.1 Å². The summed E-state index contributed by atoms with van der Waals surface area (Å²) in [5, 5.41) is 0. The molecule has 0 saturated carbocycles. The first-order valence-corrected chi connectivity index (χ1v) is 6.48. The van der Waals surface area contributed by atoms with E-state index in [0.717, 1.165) is 0 Å². The SMILES string of the molecule is CCN1CCC(C(C)(C)N)C1.CCP. The highest BCUT2D eigenvalue weighted by molar-refractivity contribution is 7.16. The van der Waals surface area contributed by atoms with Crippen molar-refractivity contribution in [2.24, 2.45) is 11.7 Å². The summed E-state index contributed by atoms with van der Waals surface area (Å²) in [6, 6.07) is 0. The fourth-order valence-corrected chi connectivity index (χ4v) is 1.73. The Morgan fingerprint density at radius 3 is 2.14 bits per heavy atom. The molecule has 0 aromatic carbocycles. The second-order valence-corrected chi connectivity index (χ2v) is 5.42. The second kappa shape index (κ2) is 6.76. The molecule has 3 heteroatoms. The van der Waals surface area contributed by atoms with Gasteiger partial charge >= 0.3 is 0 Å². The molecule has 0 bridgehead atoms. The van der Waals surface area contributed by atoms with Gasteiger partial charge < -0.3 is 10.6 Å². The maximum Gasteiger partial charge on any atom is 0.0138 e. The molecule has 0 spiro atoms. The van der Waals surface area contributed by atoms with Crippen LogP contribution < -0.4 is 5.73 Å². The zero-order valence-corrected chi connectivity index (χ0v) is 11.4. The first-order valence-electron chi connectivity index (χ1n) is 5.66. The molecule has 0 amide bonds. The van der Waals surface area contributed by atoms with Gasteiger partial charge in [-0.05, 0) is 45.4 Å². The van der Waals surface area contributed by atoms with Crippen molar-refractivity contribution in [3.63, 3.8) is 0 Å². The molecule has 1 aliphatic heterocycles. The topological polar surface area (TPSA) is 29.3 Å². The minimum atomic E-state index is 0.0178. The van der Waals surface area contributed by atoms with E-state index in [1.54, 1.807) is 0 Å². The lowest BCUT2D eigenvalue weighted by Crippen LogP contribution is -2.42. The first kappa shape index (κ1) is 14.3. The van der Waals surface area contributed by atoms with Crippen molar-refractivity contribution in [3.05, 3.63) is 0 Å². The van der Waals surface area contributed by atoms with Crippen molar-refractivity contribution in [1.29, 1.82) is 0 Å². The molecule has 2 atom stereocenters. The van der Waals surface area contributed by atoms with Crippen LogP contribution in [-0.4, -0.2) is 36.2 Å². The molecule has 0 aliphatic carbocycles. The van der Waals surface area contributed by atoms with Gasteiger partial charge in [-0.2, -0.15) is 0 Å². The Bertz CT molecular complexity index is 143. The molecule has 2 nitrogen and oxygen atoms in total. The van der Waals surface area contributed by atoms with Gasteiger partial charge in [-0.3, -0.25) is 0 Å². The molecule has 0 aromatic rings. The molecule has 1 rings (SSSR count). The van der Waals surface area contributed by atoms with Crippen LogP contribution in [0, 0.1) is 5.92 Å². The minimum absolute atomic E-state index is 0.0178. The Kier molecular flexibility index (Phi) is 6.93. The summed E-state index contributed by atoms with van der Waals surface area (Å²) in [4.78, 5) is 2.47. The lowest BCUT2D eigenvalue weighted by atomic mass is 9.88. The van der Waals surface area contributed by atoms with Crippen LogP contribution in [0.2, 0.25) is 0 Å². The van der Waals surface area contributed by atoms with E-state index in [9.17, 15) is 0 Å². The number of nitrogens with zero attached hydrogens (tertiary/aromatic N) is 1. The van der Waals surface area contributed by atoms with Gasteiger partial charge in [0.2, 0.25) is 0 Å². The summed E-state index contributed by atoms with van der Waals surface area (Å²) in [5.41, 5.74) is 6.05. The molecule has 1 aliphatic rings. The van der Waals surface area contributed by atoms with E-state index in [1.807, 2.05) is 0 Å². The average Bonchev–Trinajstić information content (AvgIpc) is 2.52. The lowest BCUT2D eigenvalue weighted by molar-refractivity contribution is 0.290. The fourth-order valence-electron chi connectivity index (χ4n) is 1.73. The predicted octanol–water partition coefficient (Wildman–Crippen LogP) is 1.95. The fraction of sp³-hybridized carbons (Fsp3) is 1.00. The van der Waals surface area contributed by atoms with Crippen LogP contribution in [-0.2, 0) is 0 Å². The molecule has 2 N–H and O–H groups in total. The van der Waals surface area contributed by atoms with Crippen molar-refractivity contribution in [1.82, 2.24) is 4.90 Å². The molecule has 14 heavy (non-hydrogen) atoms. The molecule has 86 valence electrons. The van der Waals surface area contributed by atoms with Crippen LogP contribution >= 0.6 is 9.24 Å². The molecule has 1 heterocycles. The van der Waals surface area contributed by atoms with Crippen LogP contribution in [0.4, 0.5) is 0 Å². The molecule has 1 fully saturated rings. The van der Waals surface area contributed by atoms with E-state index in [4.69, 9.17) is 5.73 Å². The maximum atomic E-state index is 6.03. The van der Waals surface area contributed by atoms with Gasteiger partial charge in [-0.1, -0.05) is 13.8 Å². The lowest BCUT2D eigenvalue weighted by Gasteiger charge is -2.26. The minimum Gasteiger partial charge on any atom is -0.325 e. The number of hydrogen-bond acceptors (Lipinski definition) is 2. The number of nitrogens with two attached hydrogens (primary N) is 1. The normalized spacial score (nSPS) is 23.1. The summed E-state index contributed by atoms with van der Waals surface area (Å²) in [6.07, 6.45) is 2.44. The summed E-state index contributed by atoms with van der Waals surface area (Å²) in [5.74, 6) is 0.697. The van der Waals surface area contributed by atoms with Crippen molar-refractivity contribution < 1.29 is 0 Å². The smallest absolute Gasteiger partial charge is 0.0138 e. The summed E-state index contributed by atoms with van der Waals surface area (Å²) >= 11 is 0. The Morgan fingerprint density at radius 1 is 1.43 bits per heavy atom. The predicted molar refractivity (Wildman–Crippen MR) is 68.7 cm³/mol. The number of hydrogen-bond donors (Lipinski definition) is 1. The third-order valence-corrected chi connectivity index (χ3v) is 2.77. The zero-order valence-electron chi connectivity index (χ0n) is 10.2. The van der Waals surface area contributed by atoms with Crippen LogP contribution in [0.15, 0.2) is 0 Å². The molecule has 0 aromatic heterocycles. The summed E-state index contributed by atoms with van der Waals surface area (Å²) < 4.78 is 0. The monoisotopic (exact) mass is 218 g/mol. The van der Waals surface area contributed by atoms with E-state index < -0.39 is 0 Å². The van der Waals surface area contributed by atoms with E-state index in [-0.39, 0.29) is 5.54 Å². The van der Waals surface area contributed by atoms with Gasteiger partial charge in [-0.15, -0.1) is 9.24 Å². The van der Waals surface area contributed by atoms with Crippen molar-refractivity contribution in [2.45, 2.75) is 39.7 Å². The highest BCUT2D eigenvalue weighted by atomic mass is 31.0. The Labute approximate surface area is 91.8 Å². The van der Waals surface area contributed by atoms with Crippen molar-refractivity contribution >= 4 is 9.24 Å². The third-order valence-electron chi connectivity index (χ3n) is 2.77. The third kappa shape index (κ3) is 5.29. The van der Waals surface area contributed by atoms with Crippen molar-refractivity contribution in [2.75, 3.05) is 25.8 Å². The highest BCUT2D eigenvalue weighted by Crippen LogP contribution is 2.24. The Morgan fingerprint density at radius 2 is 1.93 bits per heavy atom. The molecule has 2 unspecified atom stereocenters. The van der Waals surface area contributed by atoms with E-state index in [0.29, 0.717) is 5.92 Å². The van der Waals surface area contributed by atoms with E-state index >= 15 is 0 Å². The molecular weight excluding hydrogens is 191 g/mol. The molecular formula is C11H27N2P. The highest BCUT2D eigenvalue weighted by Gasteiger charge is 2.31. The van der Waals surface area contributed by atoms with Gasteiger partial charge in [0.25, 0.3) is 0 Å². The summed E-state index contributed by atoms with van der Waals surface area (Å²) in [6.45, 7) is 12.2. The first-order chi connectivity index (χ1) is 6.45. The van der Waals surface area contributed by atoms with Gasteiger partial charge in [-0.25, -0.2) is 0 Å². The summed E-state index contributed by atoms with van der Waals surface area (Å²) in [7, 11) is 2.58. The van der Waals surface area contributed by atoms with Crippen LogP contribution in [0.25, 0.3) is 0 Å². The maximum absolute atomic E-state index is 6.03. The Balaban J connectivity index is 0.000000500. The standard InChI is InChI=1S/C9H20N2.C2H7P/c1-4-11-6-5-8(7-11)9(2,3)10;1-2-3/h8H,4-7,10H2,1-3H3;2-3H2,1H3.